The summed E-state index contributed by atoms with van der Waals surface area (Å²) in [6.45, 7) is 1.84. The maximum absolute atomic E-state index is 13.2. The number of anilines is 1. The molecule has 4 rings (SSSR count). The van der Waals surface area contributed by atoms with Gasteiger partial charge in [-0.15, -0.1) is 0 Å². The second-order valence-corrected chi connectivity index (χ2v) is 8.06. The van der Waals surface area contributed by atoms with E-state index in [1.807, 2.05) is 19.1 Å². The van der Waals surface area contributed by atoms with Crippen molar-refractivity contribution in [2.45, 2.75) is 13.0 Å². The number of non-ortho nitro benzene ring substituents is 1. The van der Waals surface area contributed by atoms with E-state index in [0.29, 0.717) is 17.0 Å². The molecule has 0 aliphatic carbocycles. The van der Waals surface area contributed by atoms with Crippen LogP contribution in [0.4, 0.5) is 11.4 Å². The molecule has 1 unspecified atom stereocenters. The van der Waals surface area contributed by atoms with Gasteiger partial charge < -0.3 is 9.84 Å². The van der Waals surface area contributed by atoms with E-state index in [-0.39, 0.29) is 21.8 Å². The molecule has 34 heavy (non-hydrogen) atoms. The molecule has 0 bridgehead atoms. The Morgan fingerprint density at radius 3 is 2.35 bits per heavy atom. The number of carbonyl (C=O) groups excluding carboxylic acids is 2. The van der Waals surface area contributed by atoms with Crippen LogP contribution in [0.15, 0.2) is 72.3 Å². The van der Waals surface area contributed by atoms with Crippen LogP contribution < -0.4 is 9.64 Å². The van der Waals surface area contributed by atoms with Crippen molar-refractivity contribution >= 4 is 40.4 Å². The first-order valence-corrected chi connectivity index (χ1v) is 10.6. The number of amides is 1. The quantitative estimate of drug-likeness (QED) is 0.177. The fourth-order valence-electron chi connectivity index (χ4n) is 3.99. The van der Waals surface area contributed by atoms with E-state index in [9.17, 15) is 24.8 Å². The number of aliphatic hydroxyl groups is 1. The predicted octanol–water partition coefficient (Wildman–Crippen LogP) is 5.19. The van der Waals surface area contributed by atoms with Crippen molar-refractivity contribution < 1.29 is 24.4 Å². The summed E-state index contributed by atoms with van der Waals surface area (Å²) in [5, 5.41) is 22.4. The molecule has 0 radical (unpaired) electrons. The molecular weight excluding hydrogens is 460 g/mol. The number of rotatable bonds is 5. The van der Waals surface area contributed by atoms with E-state index in [4.69, 9.17) is 16.3 Å². The molecule has 0 saturated carbocycles. The number of halogens is 1. The number of hydrogen-bond acceptors (Lipinski definition) is 6. The number of aliphatic hydroxyl groups excluding tert-OH is 1. The lowest BCUT2D eigenvalue weighted by Crippen LogP contribution is -2.29. The second-order valence-electron chi connectivity index (χ2n) is 7.65. The fourth-order valence-corrected chi connectivity index (χ4v) is 4.24. The molecule has 1 atom stereocenters. The van der Waals surface area contributed by atoms with Gasteiger partial charge >= 0.3 is 0 Å². The van der Waals surface area contributed by atoms with Crippen molar-refractivity contribution in [2.24, 2.45) is 0 Å². The van der Waals surface area contributed by atoms with Gasteiger partial charge in [-0.2, -0.15) is 0 Å². The molecule has 1 heterocycles. The van der Waals surface area contributed by atoms with Gasteiger partial charge in [0.05, 0.1) is 28.7 Å². The summed E-state index contributed by atoms with van der Waals surface area (Å²) in [6, 6.07) is 16.1. The summed E-state index contributed by atoms with van der Waals surface area (Å²) in [5.41, 5.74) is 1.67. The molecule has 1 aliphatic heterocycles. The lowest BCUT2D eigenvalue weighted by Gasteiger charge is -2.27. The van der Waals surface area contributed by atoms with Gasteiger partial charge in [0.1, 0.15) is 11.5 Å². The van der Waals surface area contributed by atoms with Crippen LogP contribution in [-0.4, -0.2) is 28.8 Å². The lowest BCUT2D eigenvalue weighted by atomic mass is 9.92. The van der Waals surface area contributed by atoms with Crippen molar-refractivity contribution in [1.82, 2.24) is 0 Å². The van der Waals surface area contributed by atoms with E-state index >= 15 is 0 Å². The highest BCUT2D eigenvalue weighted by molar-refractivity contribution is 6.52. The molecule has 3 aromatic rings. The zero-order valence-electron chi connectivity index (χ0n) is 18.2. The first kappa shape index (κ1) is 23.0. The number of methoxy groups -OCH3 is 1. The summed E-state index contributed by atoms with van der Waals surface area (Å²) < 4.78 is 5.19. The molecule has 172 valence electrons. The van der Waals surface area contributed by atoms with Crippen LogP contribution in [-0.2, 0) is 9.59 Å². The topological polar surface area (TPSA) is 110 Å². The minimum atomic E-state index is -0.944. The highest BCUT2D eigenvalue weighted by Crippen LogP contribution is 2.44. The van der Waals surface area contributed by atoms with Crippen molar-refractivity contribution in [1.29, 1.82) is 0 Å². The third-order valence-electron chi connectivity index (χ3n) is 5.69. The Morgan fingerprint density at radius 1 is 1.09 bits per heavy atom. The number of nitro benzene ring substituents is 1. The van der Waals surface area contributed by atoms with Gasteiger partial charge in [-0.3, -0.25) is 24.6 Å². The first-order valence-electron chi connectivity index (χ1n) is 10.2. The average molecular weight is 479 g/mol. The molecule has 3 aromatic carbocycles. The fraction of sp³-hybridized carbons (Fsp3) is 0.120. The molecule has 1 saturated heterocycles. The van der Waals surface area contributed by atoms with Gasteiger partial charge in [0, 0.05) is 23.4 Å². The number of benzene rings is 3. The molecular formula is C25H19ClN2O6. The van der Waals surface area contributed by atoms with E-state index in [1.165, 1.54) is 42.3 Å². The highest BCUT2D eigenvalue weighted by atomic mass is 35.5. The maximum Gasteiger partial charge on any atom is 0.300 e. The van der Waals surface area contributed by atoms with Gasteiger partial charge in [0.15, 0.2) is 0 Å². The summed E-state index contributed by atoms with van der Waals surface area (Å²) in [4.78, 5) is 38.1. The van der Waals surface area contributed by atoms with Gasteiger partial charge in [-0.05, 0) is 48.4 Å². The summed E-state index contributed by atoms with van der Waals surface area (Å²) in [7, 11) is 1.46. The minimum absolute atomic E-state index is 0.125. The number of nitrogens with zero attached hydrogens (tertiary/aromatic N) is 2. The molecule has 9 heteroatoms. The van der Waals surface area contributed by atoms with E-state index < -0.39 is 28.4 Å². The first-order chi connectivity index (χ1) is 16.2. The second kappa shape index (κ2) is 8.99. The molecule has 1 aliphatic rings. The summed E-state index contributed by atoms with van der Waals surface area (Å²) in [6.07, 6.45) is 0. The van der Waals surface area contributed by atoms with Crippen molar-refractivity contribution in [2.75, 3.05) is 12.0 Å². The van der Waals surface area contributed by atoms with Gasteiger partial charge in [0.2, 0.25) is 0 Å². The Kier molecular flexibility index (Phi) is 6.08. The average Bonchev–Trinajstić information content (AvgIpc) is 3.09. The van der Waals surface area contributed by atoms with Crippen LogP contribution in [0.5, 0.6) is 5.75 Å². The zero-order chi connectivity index (χ0) is 24.6. The van der Waals surface area contributed by atoms with Gasteiger partial charge in [-0.1, -0.05) is 35.9 Å². The number of ketones is 1. The Hall–Kier alpha value is -4.17. The molecule has 1 amide bonds. The van der Waals surface area contributed by atoms with E-state index in [1.54, 1.807) is 24.3 Å². The Labute approximate surface area is 199 Å². The van der Waals surface area contributed by atoms with Crippen LogP contribution in [0, 0.1) is 17.0 Å². The number of carbonyl (C=O) groups is 2. The molecule has 1 N–H and O–H groups in total. The number of nitro groups is 1. The molecule has 0 spiro atoms. The lowest BCUT2D eigenvalue weighted by molar-refractivity contribution is -0.384. The number of aryl methyl sites for hydroxylation is 1. The SMILES string of the molecule is COc1ccc(N2C(=O)C(=O)/C(=C(/O)c3ccc([N+](=O)[O-])cc3)C2c2ccccc2C)cc1Cl. The van der Waals surface area contributed by atoms with E-state index in [2.05, 4.69) is 0 Å². The Balaban J connectivity index is 1.94. The minimum Gasteiger partial charge on any atom is -0.507 e. The predicted molar refractivity (Wildman–Crippen MR) is 127 cm³/mol. The largest absolute Gasteiger partial charge is 0.507 e. The molecule has 1 fully saturated rings. The van der Waals surface area contributed by atoms with Gasteiger partial charge in [-0.25, -0.2) is 0 Å². The van der Waals surface area contributed by atoms with E-state index in [0.717, 1.165) is 5.56 Å². The normalized spacial score (nSPS) is 17.1. The number of hydrogen-bond donors (Lipinski definition) is 1. The van der Waals surface area contributed by atoms with Crippen LogP contribution >= 0.6 is 11.6 Å². The van der Waals surface area contributed by atoms with Crippen molar-refractivity contribution in [3.63, 3.8) is 0 Å². The van der Waals surface area contributed by atoms with Crippen molar-refractivity contribution in [3.05, 3.63) is 104 Å². The van der Waals surface area contributed by atoms with Crippen LogP contribution in [0.25, 0.3) is 5.76 Å². The molecule has 0 aromatic heterocycles. The zero-order valence-corrected chi connectivity index (χ0v) is 18.9. The monoisotopic (exact) mass is 478 g/mol. The third kappa shape index (κ3) is 3.88. The van der Waals surface area contributed by atoms with Crippen LogP contribution in [0.2, 0.25) is 5.02 Å². The van der Waals surface area contributed by atoms with Gasteiger partial charge in [0.25, 0.3) is 17.4 Å². The third-order valence-corrected chi connectivity index (χ3v) is 5.99. The van der Waals surface area contributed by atoms with Crippen molar-refractivity contribution in [3.8, 4) is 5.75 Å². The molecule has 8 nitrogen and oxygen atoms in total. The Bertz CT molecular complexity index is 1350. The summed E-state index contributed by atoms with van der Waals surface area (Å²) >= 11 is 6.29. The maximum atomic E-state index is 13.2. The smallest absolute Gasteiger partial charge is 0.300 e. The van der Waals surface area contributed by atoms with Crippen LogP contribution in [0.3, 0.4) is 0 Å². The number of Topliss-reactive ketones (excluding diaryl/α,β-unsaturated/α-hetero) is 1. The highest BCUT2D eigenvalue weighted by Gasteiger charge is 2.47. The van der Waals surface area contributed by atoms with Crippen LogP contribution in [0.1, 0.15) is 22.7 Å². The summed E-state index contributed by atoms with van der Waals surface area (Å²) in [5.74, 6) is -1.74. The standard InChI is InChI=1S/C25H19ClN2O6/c1-14-5-3-4-6-18(14)22-21(23(29)15-7-9-16(10-8-15)28(32)33)24(30)25(31)27(22)17-11-12-20(34-2)19(26)13-17/h3-13,22,29H,1-2H3/b23-21+. The Morgan fingerprint density at radius 2 is 1.76 bits per heavy atom. The number of ether oxygens (including phenoxy) is 1.